The maximum atomic E-state index is 13.3. The number of amides is 4. The van der Waals surface area contributed by atoms with Crippen LogP contribution in [0.5, 0.6) is 5.75 Å². The zero-order valence-electron chi connectivity index (χ0n) is 25.6. The van der Waals surface area contributed by atoms with Crippen molar-refractivity contribution in [3.63, 3.8) is 0 Å². The smallest absolute Gasteiger partial charge is 0.326 e. The van der Waals surface area contributed by atoms with Crippen LogP contribution in [0.4, 0.5) is 0 Å². The van der Waals surface area contributed by atoms with Gasteiger partial charge in [-0.3, -0.25) is 19.2 Å². The first-order valence-corrected chi connectivity index (χ1v) is 16.0. The molecule has 5 atom stereocenters. The average Bonchev–Trinajstić information content (AvgIpc) is 2.97. The van der Waals surface area contributed by atoms with E-state index < -0.39 is 66.4 Å². The number of carboxylic acid groups (broad SMARTS) is 1. The molecule has 0 aliphatic rings. The number of phenolic OH excluding ortho intramolecular Hbond substituents is 1. The van der Waals surface area contributed by atoms with E-state index in [1.807, 2.05) is 20.1 Å². The number of aliphatic carboxylic acids is 1. The molecule has 15 heteroatoms. The van der Waals surface area contributed by atoms with E-state index in [1.165, 1.54) is 36.0 Å². The molecule has 0 spiro atoms. The number of aliphatic hydroxyl groups is 1. The summed E-state index contributed by atoms with van der Waals surface area (Å²) in [6, 6.07) is -0.0295. The summed E-state index contributed by atoms with van der Waals surface area (Å²) in [5, 5.41) is 39.0. The normalized spacial score (nSPS) is 14.5. The van der Waals surface area contributed by atoms with Gasteiger partial charge in [0.05, 0.1) is 12.6 Å². The molecular formula is C29H48N6O8S. The fourth-order valence-corrected chi connectivity index (χ4v) is 4.68. The van der Waals surface area contributed by atoms with Gasteiger partial charge in [0, 0.05) is 6.42 Å². The maximum Gasteiger partial charge on any atom is 0.326 e. The molecule has 0 fully saturated rings. The number of nitrogens with two attached hydrogens (primary N) is 2. The third kappa shape index (κ3) is 14.4. The number of rotatable bonds is 21. The predicted molar refractivity (Wildman–Crippen MR) is 168 cm³/mol. The van der Waals surface area contributed by atoms with Crippen molar-refractivity contribution in [1.82, 2.24) is 21.3 Å². The number of benzene rings is 1. The summed E-state index contributed by atoms with van der Waals surface area (Å²) in [6.07, 6.45) is 3.94. The van der Waals surface area contributed by atoms with Crippen molar-refractivity contribution in [2.24, 2.45) is 17.4 Å². The number of thioether (sulfide) groups is 1. The number of carbonyl (C=O) groups excluding carboxylic acids is 4. The van der Waals surface area contributed by atoms with E-state index in [0.29, 0.717) is 37.1 Å². The molecular weight excluding hydrogens is 592 g/mol. The van der Waals surface area contributed by atoms with E-state index in [9.17, 15) is 39.3 Å². The summed E-state index contributed by atoms with van der Waals surface area (Å²) >= 11 is 1.43. The molecule has 0 saturated carbocycles. The summed E-state index contributed by atoms with van der Waals surface area (Å²) in [5.74, 6) is -3.65. The van der Waals surface area contributed by atoms with Crippen LogP contribution < -0.4 is 32.7 Å². The zero-order valence-corrected chi connectivity index (χ0v) is 26.4. The van der Waals surface area contributed by atoms with Crippen molar-refractivity contribution in [1.29, 1.82) is 0 Å². The summed E-state index contributed by atoms with van der Waals surface area (Å²) in [4.78, 5) is 63.9. The second-order valence-corrected chi connectivity index (χ2v) is 11.9. The number of unbranched alkanes of at least 4 members (excludes halogenated alkanes) is 1. The van der Waals surface area contributed by atoms with Gasteiger partial charge >= 0.3 is 5.97 Å². The molecule has 1 aromatic carbocycles. The largest absolute Gasteiger partial charge is 0.508 e. The van der Waals surface area contributed by atoms with E-state index in [0.717, 1.165) is 0 Å². The van der Waals surface area contributed by atoms with Gasteiger partial charge in [0.2, 0.25) is 23.6 Å². The molecule has 4 amide bonds. The first-order valence-electron chi connectivity index (χ1n) is 14.6. The van der Waals surface area contributed by atoms with E-state index in [4.69, 9.17) is 11.5 Å². The Labute approximate surface area is 262 Å². The van der Waals surface area contributed by atoms with Gasteiger partial charge in [0.15, 0.2) is 0 Å². The highest BCUT2D eigenvalue weighted by Gasteiger charge is 2.31. The second-order valence-electron chi connectivity index (χ2n) is 10.9. The van der Waals surface area contributed by atoms with Gasteiger partial charge in [-0.15, -0.1) is 0 Å². The van der Waals surface area contributed by atoms with Crippen molar-refractivity contribution in [3.8, 4) is 5.75 Å². The molecule has 0 saturated heterocycles. The highest BCUT2D eigenvalue weighted by molar-refractivity contribution is 7.98. The Hall–Kier alpha value is -3.40. The highest BCUT2D eigenvalue weighted by atomic mass is 32.2. The minimum absolute atomic E-state index is 0.00403. The number of nitrogens with one attached hydrogen (secondary N) is 4. The zero-order chi connectivity index (χ0) is 33.2. The van der Waals surface area contributed by atoms with Crippen LogP contribution >= 0.6 is 11.8 Å². The van der Waals surface area contributed by atoms with E-state index in [-0.39, 0.29) is 30.9 Å². The van der Waals surface area contributed by atoms with Crippen molar-refractivity contribution < 1.29 is 39.3 Å². The molecule has 0 aliphatic heterocycles. The molecule has 11 N–H and O–H groups in total. The quantitative estimate of drug-likeness (QED) is 0.0753. The number of hydrogen-bond acceptors (Lipinski definition) is 10. The third-order valence-corrected chi connectivity index (χ3v) is 7.34. The molecule has 0 heterocycles. The molecule has 1 aromatic rings. The Kier molecular flexibility index (Phi) is 18.0. The Morgan fingerprint density at radius 3 is 1.91 bits per heavy atom. The van der Waals surface area contributed by atoms with Crippen LogP contribution in [0.15, 0.2) is 24.3 Å². The molecule has 0 radical (unpaired) electrons. The number of hydrogen-bond donors (Lipinski definition) is 9. The Morgan fingerprint density at radius 1 is 0.818 bits per heavy atom. The van der Waals surface area contributed by atoms with Crippen molar-refractivity contribution in [2.75, 3.05) is 25.2 Å². The Morgan fingerprint density at radius 2 is 1.36 bits per heavy atom. The van der Waals surface area contributed by atoms with Gasteiger partial charge in [-0.25, -0.2) is 4.79 Å². The standard InChI is InChI=1S/C29H48N6O8S/c1-17(2)14-22(33-25(38)20(31)6-4-5-12-30)27(40)32-21(11-13-44-3)26(39)35-24(16-36)28(41)34-23(29(42)43)15-18-7-9-19(37)10-8-18/h7-10,17,20-24,36-37H,4-6,11-16,30-31H2,1-3H3,(H,32,40)(H,33,38)(H,34,41)(H,35,39)(H,42,43)/t20-,21-,22-,23-,24-/m0/s1. The SMILES string of the molecule is CSCC[C@H](NC(=O)[C@H](CC(C)C)NC(=O)[C@@H](N)CCCCN)C(=O)N[C@@H](CO)C(=O)N[C@@H](Cc1ccc(O)cc1)C(=O)O. The highest BCUT2D eigenvalue weighted by Crippen LogP contribution is 2.12. The summed E-state index contributed by atoms with van der Waals surface area (Å²) < 4.78 is 0. The van der Waals surface area contributed by atoms with Gasteiger partial charge in [0.25, 0.3) is 0 Å². The number of aromatic hydroxyl groups is 1. The minimum atomic E-state index is -1.50. The lowest BCUT2D eigenvalue weighted by molar-refractivity contribution is -0.142. The van der Waals surface area contributed by atoms with Crippen molar-refractivity contribution >= 4 is 41.4 Å². The Bertz CT molecular complexity index is 1070. The van der Waals surface area contributed by atoms with Crippen LogP contribution in [-0.2, 0) is 30.4 Å². The van der Waals surface area contributed by atoms with Crippen LogP contribution in [0.25, 0.3) is 0 Å². The van der Waals surface area contributed by atoms with Gasteiger partial charge in [0.1, 0.15) is 29.9 Å². The topological polar surface area (TPSA) is 246 Å². The van der Waals surface area contributed by atoms with E-state index >= 15 is 0 Å². The monoisotopic (exact) mass is 640 g/mol. The molecule has 0 bridgehead atoms. The minimum Gasteiger partial charge on any atom is -0.508 e. The summed E-state index contributed by atoms with van der Waals surface area (Å²) in [6.45, 7) is 3.40. The molecule has 14 nitrogen and oxygen atoms in total. The Balaban J connectivity index is 2.98. The molecule has 0 unspecified atom stereocenters. The lowest BCUT2D eigenvalue weighted by atomic mass is 10.0. The first kappa shape index (κ1) is 38.6. The van der Waals surface area contributed by atoms with Crippen LogP contribution in [0, 0.1) is 5.92 Å². The molecule has 248 valence electrons. The third-order valence-electron chi connectivity index (χ3n) is 6.70. The van der Waals surface area contributed by atoms with Crippen molar-refractivity contribution in [3.05, 3.63) is 29.8 Å². The average molecular weight is 641 g/mol. The van der Waals surface area contributed by atoms with E-state index in [1.54, 1.807) is 0 Å². The van der Waals surface area contributed by atoms with Crippen LogP contribution in [0.2, 0.25) is 0 Å². The van der Waals surface area contributed by atoms with Crippen LogP contribution in [-0.4, -0.2) is 100 Å². The predicted octanol–water partition coefficient (Wildman–Crippen LogP) is -0.794. The van der Waals surface area contributed by atoms with E-state index in [2.05, 4.69) is 21.3 Å². The maximum absolute atomic E-state index is 13.3. The van der Waals surface area contributed by atoms with Gasteiger partial charge in [-0.2, -0.15) is 11.8 Å². The number of carbonyl (C=O) groups is 5. The molecule has 0 aliphatic carbocycles. The van der Waals surface area contributed by atoms with Crippen molar-refractivity contribution in [2.45, 2.75) is 82.6 Å². The van der Waals surface area contributed by atoms with Crippen LogP contribution in [0.3, 0.4) is 0 Å². The molecule has 1 rings (SSSR count). The lowest BCUT2D eigenvalue weighted by Crippen LogP contribution is -2.59. The number of aliphatic hydroxyl groups excluding tert-OH is 1. The van der Waals surface area contributed by atoms with Crippen LogP contribution in [0.1, 0.15) is 51.5 Å². The fourth-order valence-electron chi connectivity index (χ4n) is 4.20. The summed E-state index contributed by atoms with van der Waals surface area (Å²) in [7, 11) is 0. The van der Waals surface area contributed by atoms with Gasteiger partial charge in [-0.1, -0.05) is 32.4 Å². The molecule has 44 heavy (non-hydrogen) atoms. The van der Waals surface area contributed by atoms with Gasteiger partial charge < -0.3 is 48.1 Å². The second kappa shape index (κ2) is 20.5. The number of carboxylic acids is 1. The number of phenols is 1. The summed E-state index contributed by atoms with van der Waals surface area (Å²) in [5.41, 5.74) is 12.0. The lowest BCUT2D eigenvalue weighted by Gasteiger charge is -2.26. The molecule has 0 aromatic heterocycles. The first-order chi connectivity index (χ1) is 20.8. The van der Waals surface area contributed by atoms with Gasteiger partial charge in [-0.05, 0) is 67.9 Å². The fraction of sp³-hybridized carbons (Fsp3) is 0.621.